The third-order valence-corrected chi connectivity index (χ3v) is 3.89. The van der Waals surface area contributed by atoms with E-state index in [1.54, 1.807) is 19.2 Å². The normalized spacial score (nSPS) is 11.5. The zero-order valence-corrected chi connectivity index (χ0v) is 15.5. The molecule has 27 heavy (non-hydrogen) atoms. The summed E-state index contributed by atoms with van der Waals surface area (Å²) in [6.45, 7) is 2.47. The van der Waals surface area contributed by atoms with Crippen molar-refractivity contribution in [3.63, 3.8) is 0 Å². The van der Waals surface area contributed by atoms with Crippen LogP contribution in [-0.4, -0.2) is 24.8 Å². The van der Waals surface area contributed by atoms with Crippen molar-refractivity contribution in [3.05, 3.63) is 72.8 Å². The summed E-state index contributed by atoms with van der Waals surface area (Å²) in [6, 6.07) is 22.6. The topological polar surface area (TPSA) is 49.8 Å². The molecule has 0 saturated carbocycles. The van der Waals surface area contributed by atoms with E-state index in [2.05, 4.69) is 4.98 Å². The van der Waals surface area contributed by atoms with Gasteiger partial charge >= 0.3 is 0 Å². The highest BCUT2D eigenvalue weighted by molar-refractivity contribution is 5.35. The van der Waals surface area contributed by atoms with Crippen molar-refractivity contribution in [2.24, 2.45) is 0 Å². The van der Waals surface area contributed by atoms with Gasteiger partial charge in [0.1, 0.15) is 30.0 Å². The minimum absolute atomic E-state index is 0.107. The molecule has 0 aliphatic carbocycles. The van der Waals surface area contributed by atoms with E-state index in [-0.39, 0.29) is 6.10 Å². The molecule has 3 rings (SSSR count). The SMILES string of the molecule is CCC(COc1ccc(Oc2ccccc2)cc1)Oc1cccc(OC)n1. The first-order valence-electron chi connectivity index (χ1n) is 8.90. The van der Waals surface area contributed by atoms with Crippen LogP contribution in [0.15, 0.2) is 72.8 Å². The highest BCUT2D eigenvalue weighted by Gasteiger charge is 2.11. The van der Waals surface area contributed by atoms with Crippen molar-refractivity contribution in [1.82, 2.24) is 4.98 Å². The summed E-state index contributed by atoms with van der Waals surface area (Å²) in [5.74, 6) is 3.37. The summed E-state index contributed by atoms with van der Waals surface area (Å²) in [4.78, 5) is 4.27. The van der Waals surface area contributed by atoms with Gasteiger partial charge in [-0.25, -0.2) is 0 Å². The van der Waals surface area contributed by atoms with Crippen LogP contribution in [0.5, 0.6) is 29.0 Å². The van der Waals surface area contributed by atoms with Crippen LogP contribution in [0, 0.1) is 0 Å². The molecule has 3 aromatic rings. The fourth-order valence-corrected chi connectivity index (χ4v) is 2.40. The number of ether oxygens (including phenoxy) is 4. The first kappa shape index (κ1) is 18.6. The lowest BCUT2D eigenvalue weighted by Crippen LogP contribution is -2.24. The van der Waals surface area contributed by atoms with E-state index in [1.165, 1.54) is 0 Å². The third kappa shape index (κ3) is 5.64. The van der Waals surface area contributed by atoms with Gasteiger partial charge in [0.15, 0.2) is 0 Å². The van der Waals surface area contributed by atoms with Gasteiger partial charge in [-0.2, -0.15) is 4.98 Å². The average molecular weight is 365 g/mol. The van der Waals surface area contributed by atoms with Crippen molar-refractivity contribution in [2.75, 3.05) is 13.7 Å². The van der Waals surface area contributed by atoms with E-state index < -0.39 is 0 Å². The number of nitrogens with zero attached hydrogens (tertiary/aromatic N) is 1. The summed E-state index contributed by atoms with van der Waals surface area (Å²) in [5, 5.41) is 0. The first-order valence-corrected chi connectivity index (χ1v) is 8.90. The number of benzene rings is 2. The molecule has 0 radical (unpaired) electrons. The Morgan fingerprint density at radius 2 is 1.44 bits per heavy atom. The number of hydrogen-bond acceptors (Lipinski definition) is 5. The predicted molar refractivity (Wildman–Crippen MR) is 104 cm³/mol. The van der Waals surface area contributed by atoms with E-state index in [9.17, 15) is 0 Å². The second-order valence-corrected chi connectivity index (χ2v) is 5.86. The highest BCUT2D eigenvalue weighted by Crippen LogP contribution is 2.24. The second kappa shape index (κ2) is 9.48. The van der Waals surface area contributed by atoms with Crippen LogP contribution in [-0.2, 0) is 0 Å². The molecule has 0 spiro atoms. The Labute approximate surface area is 159 Å². The van der Waals surface area contributed by atoms with E-state index in [1.807, 2.05) is 67.6 Å². The second-order valence-electron chi connectivity index (χ2n) is 5.86. The van der Waals surface area contributed by atoms with Gasteiger partial charge in [0.2, 0.25) is 11.8 Å². The quantitative estimate of drug-likeness (QED) is 0.527. The maximum atomic E-state index is 5.89. The van der Waals surface area contributed by atoms with Gasteiger partial charge in [-0.05, 0) is 42.8 Å². The molecule has 0 amide bonds. The Morgan fingerprint density at radius 3 is 2.15 bits per heavy atom. The van der Waals surface area contributed by atoms with Gasteiger partial charge in [-0.1, -0.05) is 31.2 Å². The zero-order valence-electron chi connectivity index (χ0n) is 15.5. The lowest BCUT2D eigenvalue weighted by molar-refractivity contribution is 0.119. The largest absolute Gasteiger partial charge is 0.490 e. The number of pyridine rings is 1. The molecule has 5 heteroatoms. The number of para-hydroxylation sites is 1. The maximum Gasteiger partial charge on any atom is 0.216 e. The molecule has 0 aliphatic heterocycles. The fraction of sp³-hybridized carbons (Fsp3) is 0.227. The van der Waals surface area contributed by atoms with Gasteiger partial charge < -0.3 is 18.9 Å². The molecule has 1 unspecified atom stereocenters. The monoisotopic (exact) mass is 365 g/mol. The van der Waals surface area contributed by atoms with Crippen LogP contribution in [0.3, 0.4) is 0 Å². The van der Waals surface area contributed by atoms with E-state index in [0.29, 0.717) is 18.4 Å². The number of hydrogen-bond donors (Lipinski definition) is 0. The molecule has 2 aromatic carbocycles. The Morgan fingerprint density at radius 1 is 0.778 bits per heavy atom. The lowest BCUT2D eigenvalue weighted by atomic mass is 10.3. The molecule has 1 atom stereocenters. The molecular weight excluding hydrogens is 342 g/mol. The summed E-state index contributed by atoms with van der Waals surface area (Å²) in [6.07, 6.45) is 0.693. The van der Waals surface area contributed by atoms with E-state index in [0.717, 1.165) is 23.7 Å². The van der Waals surface area contributed by atoms with Crippen molar-refractivity contribution < 1.29 is 18.9 Å². The van der Waals surface area contributed by atoms with Gasteiger partial charge in [-0.3, -0.25) is 0 Å². The van der Waals surface area contributed by atoms with Gasteiger partial charge in [0.25, 0.3) is 0 Å². The minimum atomic E-state index is -0.107. The summed E-state index contributed by atoms with van der Waals surface area (Å²) < 4.78 is 22.6. The number of rotatable bonds is 9. The Bertz CT molecular complexity index is 821. The van der Waals surface area contributed by atoms with Gasteiger partial charge in [0, 0.05) is 12.1 Å². The van der Waals surface area contributed by atoms with Gasteiger partial charge in [0.05, 0.1) is 7.11 Å². The number of aromatic nitrogens is 1. The molecule has 0 N–H and O–H groups in total. The van der Waals surface area contributed by atoms with Crippen molar-refractivity contribution >= 4 is 0 Å². The Kier molecular flexibility index (Phi) is 6.52. The smallest absolute Gasteiger partial charge is 0.216 e. The van der Waals surface area contributed by atoms with Crippen LogP contribution in [0.25, 0.3) is 0 Å². The van der Waals surface area contributed by atoms with Gasteiger partial charge in [-0.15, -0.1) is 0 Å². The molecule has 0 saturated heterocycles. The molecule has 5 nitrogen and oxygen atoms in total. The lowest BCUT2D eigenvalue weighted by Gasteiger charge is -2.18. The van der Waals surface area contributed by atoms with Crippen LogP contribution >= 0.6 is 0 Å². The standard InChI is InChI=1S/C22H23NO4/c1-3-17(27-22-11-7-10-21(23-22)24-2)16-25-18-12-14-20(15-13-18)26-19-8-5-4-6-9-19/h4-15,17H,3,16H2,1-2H3. The van der Waals surface area contributed by atoms with Crippen LogP contribution in [0.1, 0.15) is 13.3 Å². The summed E-state index contributed by atoms with van der Waals surface area (Å²) in [7, 11) is 1.58. The third-order valence-electron chi connectivity index (χ3n) is 3.89. The Balaban J connectivity index is 1.53. The molecule has 1 heterocycles. The summed E-state index contributed by atoms with van der Waals surface area (Å²) in [5.41, 5.74) is 0. The number of methoxy groups -OCH3 is 1. The average Bonchev–Trinajstić information content (AvgIpc) is 2.73. The molecule has 140 valence electrons. The van der Waals surface area contributed by atoms with Crippen LogP contribution in [0.2, 0.25) is 0 Å². The summed E-state index contributed by atoms with van der Waals surface area (Å²) >= 11 is 0. The highest BCUT2D eigenvalue weighted by atomic mass is 16.5. The molecule has 0 aliphatic rings. The van der Waals surface area contributed by atoms with Crippen LogP contribution in [0.4, 0.5) is 0 Å². The minimum Gasteiger partial charge on any atom is -0.490 e. The molecule has 0 fully saturated rings. The molecule has 1 aromatic heterocycles. The van der Waals surface area contributed by atoms with E-state index in [4.69, 9.17) is 18.9 Å². The Hall–Kier alpha value is -3.21. The van der Waals surface area contributed by atoms with Crippen molar-refractivity contribution in [3.8, 4) is 29.0 Å². The molecular formula is C22H23NO4. The van der Waals surface area contributed by atoms with E-state index >= 15 is 0 Å². The van der Waals surface area contributed by atoms with Crippen molar-refractivity contribution in [1.29, 1.82) is 0 Å². The zero-order chi connectivity index (χ0) is 18.9. The molecule has 0 bridgehead atoms. The predicted octanol–water partition coefficient (Wildman–Crippen LogP) is 5.12. The maximum absolute atomic E-state index is 5.89. The first-order chi connectivity index (χ1) is 13.3. The van der Waals surface area contributed by atoms with Crippen molar-refractivity contribution in [2.45, 2.75) is 19.4 Å². The van der Waals surface area contributed by atoms with Crippen LogP contribution < -0.4 is 18.9 Å². The fourth-order valence-electron chi connectivity index (χ4n) is 2.40.